The van der Waals surface area contributed by atoms with E-state index in [0.29, 0.717) is 12.4 Å². The van der Waals surface area contributed by atoms with Gasteiger partial charge < -0.3 is 14.3 Å². The van der Waals surface area contributed by atoms with E-state index in [4.69, 9.17) is 14.4 Å². The van der Waals surface area contributed by atoms with Gasteiger partial charge in [-0.05, 0) is 64.2 Å². The van der Waals surface area contributed by atoms with Crippen LogP contribution in [-0.4, -0.2) is 23.3 Å². The molecule has 0 unspecified atom stereocenters. The van der Waals surface area contributed by atoms with Gasteiger partial charge in [0.25, 0.3) is 0 Å². The molecule has 10 aromatic rings. The van der Waals surface area contributed by atoms with Gasteiger partial charge in [0.15, 0.2) is 5.84 Å². The summed E-state index contributed by atoms with van der Waals surface area (Å²) in [5.74, 6) is 1.41. The lowest BCUT2D eigenvalue weighted by molar-refractivity contribution is 0.669. The Hall–Kier alpha value is -7.50. The van der Waals surface area contributed by atoms with Gasteiger partial charge in [-0.1, -0.05) is 158 Å². The molecule has 0 spiro atoms. The van der Waals surface area contributed by atoms with Crippen molar-refractivity contribution in [1.82, 2.24) is 9.88 Å². The summed E-state index contributed by atoms with van der Waals surface area (Å²) in [6, 6.07) is 67.9. The van der Waals surface area contributed by atoms with E-state index < -0.39 is 0 Å². The minimum atomic E-state index is 0.433. The second-order valence-corrected chi connectivity index (χ2v) is 14.1. The van der Waals surface area contributed by atoms with Gasteiger partial charge in [-0.15, -0.1) is 0 Å². The van der Waals surface area contributed by atoms with Crippen LogP contribution in [-0.2, 0) is 6.54 Å². The highest BCUT2D eigenvalue weighted by Gasteiger charge is 2.18. The summed E-state index contributed by atoms with van der Waals surface area (Å²) in [6.07, 6.45) is 0. The van der Waals surface area contributed by atoms with Gasteiger partial charge in [0.1, 0.15) is 17.0 Å². The number of nitrogens with one attached hydrogen (secondary N) is 1. The SMILES string of the molecule is CN/C(=N\C(=N/Cc1ccccc1-n1c2ccccc2c2cc(-c3cccc4oc5ccccc5c34)ccc21)c1ccc(-c2ccccc2)cc1)c1ccccc1. The molecule has 2 aromatic heterocycles. The molecule has 0 aliphatic rings. The topological polar surface area (TPSA) is 54.8 Å². The van der Waals surface area contributed by atoms with E-state index >= 15 is 0 Å². The van der Waals surface area contributed by atoms with Crippen LogP contribution in [0.25, 0.3) is 71.7 Å². The average molecular weight is 735 g/mol. The van der Waals surface area contributed by atoms with Gasteiger partial charge in [-0.25, -0.2) is 4.99 Å². The Bertz CT molecular complexity index is 3120. The Labute approximate surface area is 330 Å². The number of rotatable bonds is 7. The minimum Gasteiger partial charge on any atom is -0.456 e. The van der Waals surface area contributed by atoms with Crippen molar-refractivity contribution in [3.63, 3.8) is 0 Å². The monoisotopic (exact) mass is 734 g/mol. The van der Waals surface area contributed by atoms with E-state index in [-0.39, 0.29) is 0 Å². The number of amidine groups is 2. The predicted octanol–water partition coefficient (Wildman–Crippen LogP) is 12.6. The minimum absolute atomic E-state index is 0.433. The highest BCUT2D eigenvalue weighted by molar-refractivity contribution is 6.15. The van der Waals surface area contributed by atoms with Crippen molar-refractivity contribution in [2.45, 2.75) is 6.54 Å². The first-order chi connectivity index (χ1) is 28.2. The largest absolute Gasteiger partial charge is 0.456 e. The lowest BCUT2D eigenvalue weighted by Crippen LogP contribution is -2.21. The zero-order valence-corrected chi connectivity index (χ0v) is 31.4. The fourth-order valence-corrected chi connectivity index (χ4v) is 8.04. The number of furan rings is 1. The van der Waals surface area contributed by atoms with Crippen LogP contribution in [0.5, 0.6) is 0 Å². The van der Waals surface area contributed by atoms with Crippen molar-refractivity contribution in [3.8, 4) is 27.9 Å². The standard InChI is InChI=1S/C52H38N4O/c1-53-51(37-17-6-3-7-18-37)55-52(38-29-27-36(28-30-38)35-15-4-2-5-16-35)54-34-40-19-8-11-23-45(40)56-46-24-12-9-20-42(46)44-33-39(31-32-47(44)56)41-22-14-26-49-50(41)43-21-10-13-25-48(43)57-49/h2-33H,34H2,1H3,(H,53,54,55). The first-order valence-electron chi connectivity index (χ1n) is 19.3. The summed E-state index contributed by atoms with van der Waals surface area (Å²) < 4.78 is 8.65. The van der Waals surface area contributed by atoms with Crippen LogP contribution < -0.4 is 5.32 Å². The Morgan fingerprint density at radius 1 is 0.526 bits per heavy atom. The molecule has 272 valence electrons. The number of hydrogen-bond donors (Lipinski definition) is 1. The summed E-state index contributed by atoms with van der Waals surface area (Å²) in [5.41, 5.74) is 12.8. The Kier molecular flexibility index (Phi) is 8.73. The molecule has 0 fully saturated rings. The normalized spacial score (nSPS) is 12.2. The summed E-state index contributed by atoms with van der Waals surface area (Å²) in [4.78, 5) is 10.4. The van der Waals surface area contributed by atoms with Crippen molar-refractivity contribution in [2.24, 2.45) is 9.98 Å². The van der Waals surface area contributed by atoms with E-state index in [1.165, 1.54) is 16.3 Å². The lowest BCUT2D eigenvalue weighted by Gasteiger charge is -2.14. The molecule has 0 amide bonds. The van der Waals surface area contributed by atoms with E-state index in [9.17, 15) is 0 Å². The number of aliphatic imine (C=N–C) groups is 2. The summed E-state index contributed by atoms with van der Waals surface area (Å²) in [5, 5.41) is 7.98. The van der Waals surface area contributed by atoms with Gasteiger partial charge in [-0.2, -0.15) is 0 Å². The molecular formula is C52H38N4O. The molecule has 0 saturated heterocycles. The van der Waals surface area contributed by atoms with Crippen LogP contribution in [0.3, 0.4) is 0 Å². The van der Waals surface area contributed by atoms with Gasteiger partial charge in [0.2, 0.25) is 0 Å². The Morgan fingerprint density at radius 3 is 2.00 bits per heavy atom. The molecule has 8 aromatic carbocycles. The van der Waals surface area contributed by atoms with Crippen LogP contribution in [0.4, 0.5) is 0 Å². The maximum absolute atomic E-state index is 6.26. The highest BCUT2D eigenvalue weighted by Crippen LogP contribution is 2.40. The zero-order chi connectivity index (χ0) is 38.1. The second kappa shape index (κ2) is 14.6. The second-order valence-electron chi connectivity index (χ2n) is 14.1. The van der Waals surface area contributed by atoms with E-state index in [2.05, 4.69) is 168 Å². The number of benzene rings is 8. The predicted molar refractivity (Wildman–Crippen MR) is 238 cm³/mol. The van der Waals surface area contributed by atoms with Crippen molar-refractivity contribution < 1.29 is 4.42 Å². The van der Waals surface area contributed by atoms with Crippen molar-refractivity contribution in [1.29, 1.82) is 0 Å². The van der Waals surface area contributed by atoms with Crippen molar-refractivity contribution >= 4 is 55.4 Å². The maximum atomic E-state index is 6.26. The number of para-hydroxylation sites is 3. The summed E-state index contributed by atoms with van der Waals surface area (Å²) in [6.45, 7) is 0.433. The molecular weight excluding hydrogens is 697 g/mol. The van der Waals surface area contributed by atoms with Gasteiger partial charge >= 0.3 is 0 Å². The Balaban J connectivity index is 1.09. The van der Waals surface area contributed by atoms with Crippen molar-refractivity contribution in [2.75, 3.05) is 7.05 Å². The van der Waals surface area contributed by atoms with Gasteiger partial charge in [-0.3, -0.25) is 4.99 Å². The van der Waals surface area contributed by atoms with Gasteiger partial charge in [0.05, 0.1) is 23.3 Å². The third kappa shape index (κ3) is 6.25. The van der Waals surface area contributed by atoms with Crippen LogP contribution in [0.1, 0.15) is 16.7 Å². The van der Waals surface area contributed by atoms with Crippen LogP contribution in [0, 0.1) is 0 Å². The molecule has 57 heavy (non-hydrogen) atoms. The molecule has 0 saturated carbocycles. The first-order valence-corrected chi connectivity index (χ1v) is 19.3. The molecule has 5 heteroatoms. The number of nitrogens with zero attached hydrogens (tertiary/aromatic N) is 3. The lowest BCUT2D eigenvalue weighted by atomic mass is 9.98. The molecule has 10 rings (SSSR count). The van der Waals surface area contributed by atoms with E-state index in [1.54, 1.807) is 0 Å². The van der Waals surface area contributed by atoms with E-state index in [1.807, 2.05) is 43.4 Å². The van der Waals surface area contributed by atoms with Crippen LogP contribution in [0.2, 0.25) is 0 Å². The molecule has 0 aliphatic heterocycles. The first kappa shape index (κ1) is 34.0. The fourth-order valence-electron chi connectivity index (χ4n) is 8.04. The quantitative estimate of drug-likeness (QED) is 0.131. The molecule has 1 N–H and O–H groups in total. The number of fused-ring (bicyclic) bond motifs is 6. The molecule has 5 nitrogen and oxygen atoms in total. The zero-order valence-electron chi connectivity index (χ0n) is 31.4. The molecule has 0 bridgehead atoms. The third-order valence-corrected chi connectivity index (χ3v) is 10.8. The summed E-state index contributed by atoms with van der Waals surface area (Å²) in [7, 11) is 1.91. The smallest absolute Gasteiger partial charge is 0.157 e. The maximum Gasteiger partial charge on any atom is 0.157 e. The van der Waals surface area contributed by atoms with Crippen molar-refractivity contribution in [3.05, 3.63) is 211 Å². The molecule has 0 atom stereocenters. The van der Waals surface area contributed by atoms with Gasteiger partial charge in [0, 0.05) is 39.7 Å². The molecule has 0 radical (unpaired) electrons. The summed E-state index contributed by atoms with van der Waals surface area (Å²) >= 11 is 0. The van der Waals surface area contributed by atoms with Crippen LogP contribution in [0.15, 0.2) is 209 Å². The average Bonchev–Trinajstić information content (AvgIpc) is 3.83. The van der Waals surface area contributed by atoms with Crippen LogP contribution >= 0.6 is 0 Å². The highest BCUT2D eigenvalue weighted by atomic mass is 16.3. The molecule has 2 heterocycles. The molecule has 0 aliphatic carbocycles. The number of aromatic nitrogens is 1. The fraction of sp³-hybridized carbons (Fsp3) is 0.0385. The third-order valence-electron chi connectivity index (χ3n) is 10.8. The number of hydrogen-bond acceptors (Lipinski definition) is 2. The van der Waals surface area contributed by atoms with E-state index in [0.717, 1.165) is 77.9 Å². The Morgan fingerprint density at radius 2 is 1.18 bits per heavy atom.